The molecule has 0 saturated carbocycles. The maximum absolute atomic E-state index is 5.48. The topological polar surface area (TPSA) is 70.6 Å². The Labute approximate surface area is 204 Å². The highest BCUT2D eigenvalue weighted by Gasteiger charge is 2.21. The summed E-state index contributed by atoms with van der Waals surface area (Å²) < 4.78 is 16.4. The summed E-state index contributed by atoms with van der Waals surface area (Å²) in [5, 5.41) is 6.96. The minimum atomic E-state index is 0. The molecule has 1 heterocycles. The number of nitrogens with one attached hydrogen (secondary N) is 2. The minimum Gasteiger partial charge on any atom is -0.493 e. The summed E-state index contributed by atoms with van der Waals surface area (Å²) in [6, 6.07) is 4.05. The molecule has 2 rings (SSSR count). The van der Waals surface area contributed by atoms with Crippen LogP contribution in [0.3, 0.4) is 0 Å². The van der Waals surface area contributed by atoms with Gasteiger partial charge < -0.3 is 29.7 Å². The van der Waals surface area contributed by atoms with Crippen LogP contribution in [-0.4, -0.2) is 88.9 Å². The molecule has 1 aliphatic rings. The van der Waals surface area contributed by atoms with Gasteiger partial charge in [-0.15, -0.1) is 24.0 Å². The van der Waals surface area contributed by atoms with Gasteiger partial charge >= 0.3 is 0 Å². The number of aliphatic imine (C=N–C) groups is 1. The van der Waals surface area contributed by atoms with E-state index in [4.69, 9.17) is 14.2 Å². The Morgan fingerprint density at radius 1 is 0.968 bits per heavy atom. The Bertz CT molecular complexity index is 676. The van der Waals surface area contributed by atoms with Crippen molar-refractivity contribution in [1.82, 2.24) is 20.4 Å². The Morgan fingerprint density at radius 3 is 2.00 bits per heavy atom. The Hall–Kier alpha value is -1.46. The molecule has 0 unspecified atom stereocenters. The number of piperazine rings is 1. The Kier molecular flexibility index (Phi) is 11.7. The number of guanidine groups is 1. The number of benzene rings is 1. The predicted octanol–water partition coefficient (Wildman–Crippen LogP) is 2.41. The first-order valence-electron chi connectivity index (χ1n) is 10.5. The van der Waals surface area contributed by atoms with Crippen LogP contribution in [0.1, 0.15) is 26.3 Å². The van der Waals surface area contributed by atoms with Gasteiger partial charge in [-0.1, -0.05) is 0 Å². The van der Waals surface area contributed by atoms with Crippen LogP contribution in [0, 0.1) is 0 Å². The second-order valence-corrected chi connectivity index (χ2v) is 8.45. The smallest absolute Gasteiger partial charge is 0.203 e. The molecular weight excluding hydrogens is 509 g/mol. The van der Waals surface area contributed by atoms with E-state index in [1.54, 1.807) is 21.3 Å². The van der Waals surface area contributed by atoms with E-state index in [1.807, 2.05) is 19.2 Å². The highest BCUT2D eigenvalue weighted by atomic mass is 127. The molecule has 0 aliphatic carbocycles. The van der Waals surface area contributed by atoms with E-state index in [1.165, 1.54) is 0 Å². The molecule has 0 aromatic heterocycles. The molecule has 0 spiro atoms. The molecule has 8 nitrogen and oxygen atoms in total. The zero-order valence-electron chi connectivity index (χ0n) is 20.1. The number of hydrogen-bond donors (Lipinski definition) is 2. The van der Waals surface area contributed by atoms with Crippen LogP contribution in [0.2, 0.25) is 0 Å². The molecule has 0 bridgehead atoms. The normalized spacial score (nSPS) is 15.3. The monoisotopic (exact) mass is 549 g/mol. The number of rotatable bonds is 8. The van der Waals surface area contributed by atoms with Gasteiger partial charge in [0.1, 0.15) is 0 Å². The third-order valence-corrected chi connectivity index (χ3v) is 5.08. The molecule has 1 aliphatic heterocycles. The molecule has 1 saturated heterocycles. The molecule has 0 amide bonds. The lowest BCUT2D eigenvalue weighted by molar-refractivity contribution is 0.172. The molecule has 0 atom stereocenters. The minimum absolute atomic E-state index is 0. The number of methoxy groups -OCH3 is 3. The van der Waals surface area contributed by atoms with Gasteiger partial charge in [0.15, 0.2) is 17.5 Å². The van der Waals surface area contributed by atoms with Crippen LogP contribution in [0.5, 0.6) is 17.2 Å². The van der Waals surface area contributed by atoms with E-state index in [2.05, 4.69) is 46.2 Å². The van der Waals surface area contributed by atoms with E-state index >= 15 is 0 Å². The van der Waals surface area contributed by atoms with Crippen LogP contribution in [0.25, 0.3) is 0 Å². The van der Waals surface area contributed by atoms with E-state index < -0.39 is 0 Å². The van der Waals surface area contributed by atoms with Crippen molar-refractivity contribution in [3.63, 3.8) is 0 Å². The van der Waals surface area contributed by atoms with Gasteiger partial charge in [-0.2, -0.15) is 0 Å². The maximum Gasteiger partial charge on any atom is 0.203 e. The fraction of sp³-hybridized carbons (Fsp3) is 0.682. The first kappa shape index (κ1) is 27.6. The van der Waals surface area contributed by atoms with E-state index in [-0.39, 0.29) is 29.5 Å². The average molecular weight is 549 g/mol. The number of hydrogen-bond acceptors (Lipinski definition) is 6. The molecule has 1 fully saturated rings. The molecular formula is C22H40IN5O3. The van der Waals surface area contributed by atoms with Crippen molar-refractivity contribution in [3.8, 4) is 17.2 Å². The van der Waals surface area contributed by atoms with Crippen molar-refractivity contribution in [1.29, 1.82) is 0 Å². The van der Waals surface area contributed by atoms with Crippen LogP contribution < -0.4 is 24.8 Å². The maximum atomic E-state index is 5.48. The standard InChI is InChI=1S/C22H39N5O3.HI/c1-22(2,3)25-9-8-24-21(23-4)27-12-10-26(11-13-27)16-17-14-18(28-5)20(30-7)19(15-17)29-6;/h14-15,25H,8-13,16H2,1-7H3,(H,23,24);1H. The van der Waals surface area contributed by atoms with Crippen LogP contribution in [0.15, 0.2) is 17.1 Å². The summed E-state index contributed by atoms with van der Waals surface area (Å²) in [4.78, 5) is 9.22. The highest BCUT2D eigenvalue weighted by Crippen LogP contribution is 2.38. The largest absolute Gasteiger partial charge is 0.493 e. The fourth-order valence-corrected chi connectivity index (χ4v) is 3.55. The van der Waals surface area contributed by atoms with E-state index in [0.717, 1.165) is 57.3 Å². The van der Waals surface area contributed by atoms with Gasteiger partial charge in [0.2, 0.25) is 5.75 Å². The lowest BCUT2D eigenvalue weighted by atomic mass is 10.1. The van der Waals surface area contributed by atoms with Gasteiger partial charge in [-0.05, 0) is 38.5 Å². The number of nitrogens with zero attached hydrogens (tertiary/aromatic N) is 3. The van der Waals surface area contributed by atoms with E-state index in [0.29, 0.717) is 17.2 Å². The van der Waals surface area contributed by atoms with Gasteiger partial charge in [0.25, 0.3) is 0 Å². The van der Waals surface area contributed by atoms with Crippen molar-refractivity contribution in [3.05, 3.63) is 17.7 Å². The van der Waals surface area contributed by atoms with Gasteiger partial charge in [-0.25, -0.2) is 0 Å². The van der Waals surface area contributed by atoms with Crippen LogP contribution in [0.4, 0.5) is 0 Å². The quantitative estimate of drug-likeness (QED) is 0.224. The van der Waals surface area contributed by atoms with Crippen LogP contribution >= 0.6 is 24.0 Å². The van der Waals surface area contributed by atoms with Crippen molar-refractivity contribution in [2.75, 3.05) is 67.6 Å². The highest BCUT2D eigenvalue weighted by molar-refractivity contribution is 14.0. The zero-order valence-corrected chi connectivity index (χ0v) is 22.4. The molecule has 1 aromatic carbocycles. The Morgan fingerprint density at radius 2 is 1.55 bits per heavy atom. The summed E-state index contributed by atoms with van der Waals surface area (Å²) in [6.07, 6.45) is 0. The van der Waals surface area contributed by atoms with Gasteiger partial charge in [0.05, 0.1) is 21.3 Å². The molecule has 0 radical (unpaired) electrons. The summed E-state index contributed by atoms with van der Waals surface area (Å²) in [5.41, 5.74) is 1.28. The Balaban J connectivity index is 0.00000480. The second kappa shape index (κ2) is 13.2. The van der Waals surface area contributed by atoms with Crippen molar-refractivity contribution in [2.24, 2.45) is 4.99 Å². The van der Waals surface area contributed by atoms with E-state index in [9.17, 15) is 0 Å². The summed E-state index contributed by atoms with van der Waals surface area (Å²) in [5.74, 6) is 2.99. The predicted molar refractivity (Wildman–Crippen MR) is 137 cm³/mol. The number of halogens is 1. The summed E-state index contributed by atoms with van der Waals surface area (Å²) in [7, 11) is 6.77. The first-order valence-corrected chi connectivity index (χ1v) is 10.5. The van der Waals surface area contributed by atoms with Gasteiger partial charge in [-0.3, -0.25) is 9.89 Å². The molecule has 31 heavy (non-hydrogen) atoms. The zero-order chi connectivity index (χ0) is 22.1. The average Bonchev–Trinajstić information content (AvgIpc) is 2.73. The summed E-state index contributed by atoms with van der Waals surface area (Å²) >= 11 is 0. The van der Waals surface area contributed by atoms with Crippen molar-refractivity contribution >= 4 is 29.9 Å². The molecule has 1 aromatic rings. The first-order chi connectivity index (χ1) is 14.3. The number of ether oxygens (including phenoxy) is 3. The second-order valence-electron chi connectivity index (χ2n) is 8.45. The van der Waals surface area contributed by atoms with Crippen molar-refractivity contribution in [2.45, 2.75) is 32.9 Å². The fourth-order valence-electron chi connectivity index (χ4n) is 3.55. The molecule has 2 N–H and O–H groups in total. The summed E-state index contributed by atoms with van der Waals surface area (Å²) in [6.45, 7) is 13.0. The van der Waals surface area contributed by atoms with Crippen LogP contribution in [-0.2, 0) is 6.54 Å². The molecule has 178 valence electrons. The lowest BCUT2D eigenvalue weighted by Crippen LogP contribution is -2.53. The van der Waals surface area contributed by atoms with Gasteiger partial charge in [0, 0.05) is 58.4 Å². The SMILES string of the molecule is CN=C(NCCNC(C)(C)C)N1CCN(Cc2cc(OC)c(OC)c(OC)c2)CC1.I. The third kappa shape index (κ3) is 8.53. The van der Waals surface area contributed by atoms with Crippen molar-refractivity contribution < 1.29 is 14.2 Å². The third-order valence-electron chi connectivity index (χ3n) is 5.08. The molecule has 9 heteroatoms. The lowest BCUT2D eigenvalue weighted by Gasteiger charge is -2.36.